The van der Waals surface area contributed by atoms with Crippen LogP contribution in [0.25, 0.3) is 22.4 Å². The molecule has 0 saturated carbocycles. The lowest BCUT2D eigenvalue weighted by atomic mass is 10.2. The molecule has 0 radical (unpaired) electrons. The van der Waals surface area contributed by atoms with E-state index in [1.54, 1.807) is 26.6 Å². The Hall–Kier alpha value is -2.60. The number of nitrogens with zero attached hydrogens (tertiary/aromatic N) is 3. The van der Waals surface area contributed by atoms with Crippen molar-refractivity contribution in [3.63, 3.8) is 0 Å². The predicted octanol–water partition coefficient (Wildman–Crippen LogP) is 2.64. The minimum absolute atomic E-state index is 0.0910. The zero-order valence-corrected chi connectivity index (χ0v) is 13.5. The van der Waals surface area contributed by atoms with Crippen LogP contribution in [0.5, 0.6) is 11.5 Å². The Morgan fingerprint density at radius 1 is 1.22 bits per heavy atom. The molecular formula is C17H20N4O2. The Balaban J connectivity index is 2.31. The van der Waals surface area contributed by atoms with Crippen molar-refractivity contribution in [3.05, 3.63) is 36.7 Å². The maximum Gasteiger partial charge on any atom is 0.163 e. The van der Waals surface area contributed by atoms with E-state index in [4.69, 9.17) is 20.2 Å². The third-order valence-corrected chi connectivity index (χ3v) is 3.90. The van der Waals surface area contributed by atoms with Gasteiger partial charge in [-0.1, -0.05) is 0 Å². The van der Waals surface area contributed by atoms with E-state index in [9.17, 15) is 0 Å². The second-order valence-corrected chi connectivity index (χ2v) is 5.33. The van der Waals surface area contributed by atoms with Crippen LogP contribution in [0.1, 0.15) is 13.0 Å². The molecule has 0 aliphatic heterocycles. The molecule has 2 N–H and O–H groups in total. The van der Waals surface area contributed by atoms with E-state index in [1.807, 2.05) is 24.3 Å². The highest BCUT2D eigenvalue weighted by Crippen LogP contribution is 2.35. The highest BCUT2D eigenvalue weighted by atomic mass is 16.5. The number of rotatable bonds is 5. The predicted molar refractivity (Wildman–Crippen MR) is 89.8 cm³/mol. The molecule has 1 unspecified atom stereocenters. The van der Waals surface area contributed by atoms with Gasteiger partial charge in [-0.25, -0.2) is 4.98 Å². The second kappa shape index (κ2) is 6.26. The van der Waals surface area contributed by atoms with Gasteiger partial charge >= 0.3 is 0 Å². The molecule has 2 aromatic heterocycles. The van der Waals surface area contributed by atoms with E-state index in [1.165, 1.54) is 0 Å². The number of nitrogens with two attached hydrogens (primary N) is 1. The largest absolute Gasteiger partial charge is 0.493 e. The van der Waals surface area contributed by atoms with E-state index in [-0.39, 0.29) is 6.04 Å². The van der Waals surface area contributed by atoms with Crippen molar-refractivity contribution in [3.8, 4) is 22.9 Å². The Morgan fingerprint density at radius 3 is 2.57 bits per heavy atom. The topological polar surface area (TPSA) is 75.2 Å². The highest BCUT2D eigenvalue weighted by Gasteiger charge is 2.19. The summed E-state index contributed by atoms with van der Waals surface area (Å²) in [7, 11) is 3.24. The second-order valence-electron chi connectivity index (χ2n) is 5.33. The quantitative estimate of drug-likeness (QED) is 0.784. The van der Waals surface area contributed by atoms with Gasteiger partial charge < -0.3 is 19.8 Å². The number of hydrogen-bond donors (Lipinski definition) is 1. The number of benzene rings is 1. The Labute approximate surface area is 134 Å². The monoisotopic (exact) mass is 312 g/mol. The summed E-state index contributed by atoms with van der Waals surface area (Å²) in [5, 5.41) is 0. The van der Waals surface area contributed by atoms with Gasteiger partial charge in [0, 0.05) is 42.7 Å². The summed E-state index contributed by atoms with van der Waals surface area (Å²) >= 11 is 0. The lowest BCUT2D eigenvalue weighted by Crippen LogP contribution is -2.17. The van der Waals surface area contributed by atoms with Crippen molar-refractivity contribution < 1.29 is 9.47 Å². The summed E-state index contributed by atoms with van der Waals surface area (Å²) in [5.74, 6) is 2.16. The first-order valence-corrected chi connectivity index (χ1v) is 7.44. The number of fused-ring (bicyclic) bond motifs is 1. The first kappa shape index (κ1) is 15.3. The maximum absolute atomic E-state index is 5.91. The van der Waals surface area contributed by atoms with E-state index < -0.39 is 0 Å². The number of hydrogen-bond acceptors (Lipinski definition) is 5. The zero-order chi connectivity index (χ0) is 16.4. The highest BCUT2D eigenvalue weighted by molar-refractivity contribution is 5.84. The van der Waals surface area contributed by atoms with Crippen LogP contribution in [0.15, 0.2) is 36.7 Å². The van der Waals surface area contributed by atoms with Gasteiger partial charge in [0.25, 0.3) is 0 Å². The summed E-state index contributed by atoms with van der Waals surface area (Å²) in [6.07, 6.45) is 3.55. The van der Waals surface area contributed by atoms with Gasteiger partial charge in [0.05, 0.1) is 25.3 Å². The summed E-state index contributed by atoms with van der Waals surface area (Å²) in [6.45, 7) is 2.57. The summed E-state index contributed by atoms with van der Waals surface area (Å²) in [5.41, 5.74) is 8.65. The molecule has 6 heteroatoms. The summed E-state index contributed by atoms with van der Waals surface area (Å²) in [6, 6.07) is 7.80. The average molecular weight is 312 g/mol. The van der Waals surface area contributed by atoms with Gasteiger partial charge in [0.15, 0.2) is 11.5 Å². The fourth-order valence-corrected chi connectivity index (χ4v) is 2.67. The van der Waals surface area contributed by atoms with Gasteiger partial charge in [-0.05, 0) is 19.1 Å². The maximum atomic E-state index is 5.91. The molecule has 120 valence electrons. The average Bonchev–Trinajstić information content (AvgIpc) is 2.98. The molecule has 0 saturated heterocycles. The van der Waals surface area contributed by atoms with Crippen LogP contribution in [-0.2, 0) is 0 Å². The SMILES string of the molecule is COc1cc2nc(-c3cccnc3)n(C(C)CN)c2cc1OC. The normalized spacial score (nSPS) is 12.3. The van der Waals surface area contributed by atoms with Gasteiger partial charge in [0.1, 0.15) is 5.82 Å². The van der Waals surface area contributed by atoms with Crippen molar-refractivity contribution in [2.45, 2.75) is 13.0 Å². The van der Waals surface area contributed by atoms with Crippen LogP contribution < -0.4 is 15.2 Å². The molecule has 2 heterocycles. The smallest absolute Gasteiger partial charge is 0.163 e. The summed E-state index contributed by atoms with van der Waals surface area (Å²) < 4.78 is 12.9. The van der Waals surface area contributed by atoms with E-state index >= 15 is 0 Å². The molecule has 3 aromatic rings. The molecule has 0 fully saturated rings. The molecule has 23 heavy (non-hydrogen) atoms. The van der Waals surface area contributed by atoms with Gasteiger partial charge in [-0.3, -0.25) is 4.98 Å². The van der Waals surface area contributed by atoms with Crippen molar-refractivity contribution in [1.82, 2.24) is 14.5 Å². The van der Waals surface area contributed by atoms with Crippen LogP contribution in [0.2, 0.25) is 0 Å². The van der Waals surface area contributed by atoms with E-state index in [0.717, 1.165) is 22.4 Å². The Bertz CT molecular complexity index is 814. The van der Waals surface area contributed by atoms with Crippen molar-refractivity contribution in [2.75, 3.05) is 20.8 Å². The minimum Gasteiger partial charge on any atom is -0.493 e. The lowest BCUT2D eigenvalue weighted by Gasteiger charge is -2.16. The van der Waals surface area contributed by atoms with Crippen LogP contribution in [-0.4, -0.2) is 35.3 Å². The van der Waals surface area contributed by atoms with Crippen LogP contribution in [0.4, 0.5) is 0 Å². The first-order valence-electron chi connectivity index (χ1n) is 7.44. The van der Waals surface area contributed by atoms with Crippen LogP contribution in [0.3, 0.4) is 0 Å². The number of pyridine rings is 1. The number of methoxy groups -OCH3 is 2. The van der Waals surface area contributed by atoms with Gasteiger partial charge in [-0.2, -0.15) is 0 Å². The standard InChI is InChI=1S/C17H20N4O2/c1-11(9-18)21-14-8-16(23-3)15(22-2)7-13(14)20-17(21)12-5-4-6-19-10-12/h4-8,10-11H,9,18H2,1-3H3. The number of imidazole rings is 1. The third kappa shape index (κ3) is 2.61. The van der Waals surface area contributed by atoms with Crippen molar-refractivity contribution in [2.24, 2.45) is 5.73 Å². The van der Waals surface area contributed by atoms with E-state index in [2.05, 4.69) is 16.5 Å². The third-order valence-electron chi connectivity index (χ3n) is 3.90. The molecule has 0 aliphatic rings. The number of aromatic nitrogens is 3. The van der Waals surface area contributed by atoms with Crippen molar-refractivity contribution in [1.29, 1.82) is 0 Å². The van der Waals surface area contributed by atoms with Gasteiger partial charge in [-0.15, -0.1) is 0 Å². The molecular weight excluding hydrogens is 292 g/mol. The molecule has 1 aromatic carbocycles. The minimum atomic E-state index is 0.0910. The molecule has 0 aliphatic carbocycles. The Kier molecular flexibility index (Phi) is 4.16. The molecule has 0 spiro atoms. The fraction of sp³-hybridized carbons (Fsp3) is 0.294. The first-order chi connectivity index (χ1) is 11.2. The van der Waals surface area contributed by atoms with Gasteiger partial charge in [0.2, 0.25) is 0 Å². The zero-order valence-electron chi connectivity index (χ0n) is 13.5. The summed E-state index contributed by atoms with van der Waals surface area (Å²) in [4.78, 5) is 8.96. The molecule has 0 amide bonds. The molecule has 3 rings (SSSR count). The van der Waals surface area contributed by atoms with Crippen LogP contribution >= 0.6 is 0 Å². The molecule has 0 bridgehead atoms. The Morgan fingerprint density at radius 2 is 1.96 bits per heavy atom. The molecule has 1 atom stereocenters. The van der Waals surface area contributed by atoms with E-state index in [0.29, 0.717) is 18.0 Å². The molecule has 6 nitrogen and oxygen atoms in total. The van der Waals surface area contributed by atoms with Crippen LogP contribution in [0, 0.1) is 0 Å². The fourth-order valence-electron chi connectivity index (χ4n) is 2.67. The number of ether oxygens (including phenoxy) is 2. The van der Waals surface area contributed by atoms with Crippen molar-refractivity contribution >= 4 is 11.0 Å². The lowest BCUT2D eigenvalue weighted by molar-refractivity contribution is 0.355.